The van der Waals surface area contributed by atoms with Crippen LogP contribution in [-0.2, 0) is 14.3 Å². The molecule has 2 amide bonds. The standard InChI is InChI=1S/C21H29FN2O3/c1-2-4-17(16-6-8-18(22)9-7-16)15-20(25)24-10-3-5-19(24)21(26)23-11-13-27-14-12-23/h6-9,17,19H,2-5,10-15H2,1H3/t17?,19-/m0/s1. The van der Waals surface area contributed by atoms with Crippen molar-refractivity contribution in [2.24, 2.45) is 0 Å². The van der Waals surface area contributed by atoms with Gasteiger partial charge in [-0.15, -0.1) is 0 Å². The van der Waals surface area contributed by atoms with Crippen LogP contribution < -0.4 is 0 Å². The first kappa shape index (κ1) is 19.8. The van der Waals surface area contributed by atoms with E-state index in [9.17, 15) is 14.0 Å². The van der Waals surface area contributed by atoms with Crippen LogP contribution in [0.2, 0.25) is 0 Å². The summed E-state index contributed by atoms with van der Waals surface area (Å²) in [5.41, 5.74) is 0.988. The fourth-order valence-corrected chi connectivity index (χ4v) is 4.11. The fraction of sp³-hybridized carbons (Fsp3) is 0.619. The van der Waals surface area contributed by atoms with Crippen LogP contribution in [0.3, 0.4) is 0 Å². The Morgan fingerprint density at radius 2 is 1.89 bits per heavy atom. The third kappa shape index (κ3) is 4.86. The normalized spacial score (nSPS) is 21.3. The van der Waals surface area contributed by atoms with Gasteiger partial charge in [0.1, 0.15) is 11.9 Å². The molecule has 148 valence electrons. The number of ether oxygens (including phenoxy) is 1. The molecule has 2 heterocycles. The van der Waals surface area contributed by atoms with Gasteiger partial charge in [0.2, 0.25) is 11.8 Å². The molecule has 1 unspecified atom stereocenters. The van der Waals surface area contributed by atoms with Gasteiger partial charge in [0, 0.05) is 26.1 Å². The largest absolute Gasteiger partial charge is 0.378 e. The molecule has 1 aromatic carbocycles. The van der Waals surface area contributed by atoms with Crippen molar-refractivity contribution in [2.75, 3.05) is 32.8 Å². The second-order valence-electron chi connectivity index (χ2n) is 7.42. The Labute approximate surface area is 160 Å². The molecule has 0 N–H and O–H groups in total. The molecule has 0 aliphatic carbocycles. The summed E-state index contributed by atoms with van der Waals surface area (Å²) in [6.45, 7) is 5.06. The molecule has 0 radical (unpaired) electrons. The first-order chi connectivity index (χ1) is 13.1. The molecule has 2 fully saturated rings. The number of hydrogen-bond acceptors (Lipinski definition) is 3. The zero-order chi connectivity index (χ0) is 19.2. The van der Waals surface area contributed by atoms with Gasteiger partial charge in [0.15, 0.2) is 0 Å². The Hall–Kier alpha value is -1.95. The Bertz CT molecular complexity index is 643. The number of benzene rings is 1. The van der Waals surface area contributed by atoms with E-state index in [0.717, 1.165) is 31.2 Å². The van der Waals surface area contributed by atoms with Crippen molar-refractivity contribution in [3.05, 3.63) is 35.6 Å². The average molecular weight is 376 g/mol. The van der Waals surface area contributed by atoms with E-state index in [1.165, 1.54) is 12.1 Å². The zero-order valence-corrected chi connectivity index (χ0v) is 16.0. The SMILES string of the molecule is CCCC(CC(=O)N1CCC[C@H]1C(=O)N1CCOCC1)c1ccc(F)cc1. The number of nitrogens with zero attached hydrogens (tertiary/aromatic N) is 2. The van der Waals surface area contributed by atoms with Crippen LogP contribution in [0.25, 0.3) is 0 Å². The van der Waals surface area contributed by atoms with Gasteiger partial charge in [-0.1, -0.05) is 25.5 Å². The first-order valence-electron chi connectivity index (χ1n) is 10.0. The third-order valence-corrected chi connectivity index (χ3v) is 5.58. The highest BCUT2D eigenvalue weighted by atomic mass is 19.1. The molecule has 0 bridgehead atoms. The van der Waals surface area contributed by atoms with Crippen molar-refractivity contribution in [3.63, 3.8) is 0 Å². The van der Waals surface area contributed by atoms with E-state index >= 15 is 0 Å². The lowest BCUT2D eigenvalue weighted by atomic mass is 9.91. The molecule has 0 aromatic heterocycles. The molecule has 5 nitrogen and oxygen atoms in total. The molecule has 27 heavy (non-hydrogen) atoms. The van der Waals surface area contributed by atoms with Crippen molar-refractivity contribution < 1.29 is 18.7 Å². The van der Waals surface area contributed by atoms with Gasteiger partial charge in [-0.25, -0.2) is 4.39 Å². The highest BCUT2D eigenvalue weighted by Gasteiger charge is 2.37. The quantitative estimate of drug-likeness (QED) is 0.767. The number of morpholine rings is 1. The number of carbonyl (C=O) groups is 2. The molecular formula is C21H29FN2O3. The lowest BCUT2D eigenvalue weighted by molar-refractivity contribution is -0.146. The van der Waals surface area contributed by atoms with E-state index in [1.54, 1.807) is 17.0 Å². The van der Waals surface area contributed by atoms with E-state index in [4.69, 9.17) is 4.74 Å². The monoisotopic (exact) mass is 376 g/mol. The highest BCUT2D eigenvalue weighted by Crippen LogP contribution is 2.29. The van der Waals surface area contributed by atoms with Gasteiger partial charge in [0.05, 0.1) is 13.2 Å². The lowest BCUT2D eigenvalue weighted by Gasteiger charge is -2.33. The minimum atomic E-state index is -0.342. The number of carbonyl (C=O) groups excluding carboxylic acids is 2. The minimum Gasteiger partial charge on any atom is -0.378 e. The molecule has 1 aromatic rings. The Balaban J connectivity index is 1.67. The molecule has 6 heteroatoms. The molecule has 0 spiro atoms. The average Bonchev–Trinajstić information content (AvgIpc) is 3.18. The van der Waals surface area contributed by atoms with E-state index in [1.807, 2.05) is 4.90 Å². The summed E-state index contributed by atoms with van der Waals surface area (Å²) < 4.78 is 18.6. The van der Waals surface area contributed by atoms with Crippen molar-refractivity contribution in [1.82, 2.24) is 9.80 Å². The molecule has 0 saturated carbocycles. The lowest BCUT2D eigenvalue weighted by Crippen LogP contribution is -2.51. The predicted molar refractivity (Wildman–Crippen MR) is 101 cm³/mol. The summed E-state index contributed by atoms with van der Waals surface area (Å²) >= 11 is 0. The maximum atomic E-state index is 13.2. The van der Waals surface area contributed by atoms with Gasteiger partial charge < -0.3 is 14.5 Å². The third-order valence-electron chi connectivity index (χ3n) is 5.58. The maximum absolute atomic E-state index is 13.2. The van der Waals surface area contributed by atoms with Crippen molar-refractivity contribution in [1.29, 1.82) is 0 Å². The summed E-state index contributed by atoms with van der Waals surface area (Å²) in [5, 5.41) is 0. The Kier molecular flexibility index (Phi) is 6.83. The smallest absolute Gasteiger partial charge is 0.245 e. The Morgan fingerprint density at radius 1 is 1.19 bits per heavy atom. The first-order valence-corrected chi connectivity index (χ1v) is 10.0. The maximum Gasteiger partial charge on any atom is 0.245 e. The van der Waals surface area contributed by atoms with Crippen LogP contribution in [-0.4, -0.2) is 60.5 Å². The number of rotatable bonds is 6. The summed E-state index contributed by atoms with van der Waals surface area (Å²) in [7, 11) is 0. The second-order valence-corrected chi connectivity index (χ2v) is 7.42. The van der Waals surface area contributed by atoms with Crippen LogP contribution in [0.1, 0.15) is 50.5 Å². The summed E-state index contributed by atoms with van der Waals surface area (Å²) in [4.78, 5) is 29.5. The number of likely N-dealkylation sites (tertiary alicyclic amines) is 1. The van der Waals surface area contributed by atoms with E-state index in [0.29, 0.717) is 39.3 Å². The molecule has 2 saturated heterocycles. The second kappa shape index (κ2) is 9.31. The molecule has 2 atom stereocenters. The number of hydrogen-bond donors (Lipinski definition) is 0. The highest BCUT2D eigenvalue weighted by molar-refractivity contribution is 5.88. The van der Waals surface area contributed by atoms with Crippen LogP contribution in [0.15, 0.2) is 24.3 Å². The summed E-state index contributed by atoms with van der Waals surface area (Å²) in [6.07, 6.45) is 3.78. The zero-order valence-electron chi connectivity index (χ0n) is 16.0. The van der Waals surface area contributed by atoms with Crippen LogP contribution in [0.4, 0.5) is 4.39 Å². The molecule has 2 aliphatic heterocycles. The van der Waals surface area contributed by atoms with Gasteiger partial charge >= 0.3 is 0 Å². The Morgan fingerprint density at radius 3 is 2.56 bits per heavy atom. The predicted octanol–water partition coefficient (Wildman–Crippen LogP) is 2.95. The minimum absolute atomic E-state index is 0.0295. The van der Waals surface area contributed by atoms with Gasteiger partial charge in [-0.2, -0.15) is 0 Å². The van der Waals surface area contributed by atoms with E-state index in [2.05, 4.69) is 6.92 Å². The number of halogens is 1. The topological polar surface area (TPSA) is 49.9 Å². The van der Waals surface area contributed by atoms with Crippen molar-refractivity contribution in [2.45, 2.75) is 51.0 Å². The molecular weight excluding hydrogens is 347 g/mol. The van der Waals surface area contributed by atoms with Gasteiger partial charge in [-0.05, 0) is 42.9 Å². The summed E-state index contributed by atoms with van der Waals surface area (Å²) in [6, 6.07) is 6.09. The molecule has 2 aliphatic rings. The molecule has 3 rings (SSSR count). The van der Waals surface area contributed by atoms with E-state index < -0.39 is 0 Å². The van der Waals surface area contributed by atoms with Crippen LogP contribution >= 0.6 is 0 Å². The fourth-order valence-electron chi connectivity index (χ4n) is 4.11. The van der Waals surface area contributed by atoms with Crippen molar-refractivity contribution >= 4 is 11.8 Å². The van der Waals surface area contributed by atoms with Crippen molar-refractivity contribution in [3.8, 4) is 0 Å². The van der Waals surface area contributed by atoms with E-state index in [-0.39, 0.29) is 29.6 Å². The van der Waals surface area contributed by atoms with Crippen LogP contribution in [0.5, 0.6) is 0 Å². The van der Waals surface area contributed by atoms with Gasteiger partial charge in [-0.3, -0.25) is 9.59 Å². The number of amides is 2. The van der Waals surface area contributed by atoms with Crippen LogP contribution in [0, 0.1) is 5.82 Å². The van der Waals surface area contributed by atoms with Gasteiger partial charge in [0.25, 0.3) is 0 Å². The summed E-state index contributed by atoms with van der Waals surface area (Å²) in [5.74, 6) is -0.126.